The summed E-state index contributed by atoms with van der Waals surface area (Å²) in [5, 5.41) is 10.0. The van der Waals surface area contributed by atoms with Gasteiger partial charge in [-0.05, 0) is 42.7 Å². The van der Waals surface area contributed by atoms with E-state index in [1.165, 1.54) is 11.1 Å². The van der Waals surface area contributed by atoms with E-state index in [9.17, 15) is 0 Å². The lowest BCUT2D eigenvalue weighted by Gasteiger charge is -2.03. The molecule has 0 aliphatic heterocycles. The normalized spacial score (nSPS) is 11.2. The number of fused-ring (bicyclic) bond motifs is 1. The molecule has 0 fully saturated rings. The Morgan fingerprint density at radius 2 is 2.10 bits per heavy atom. The molecule has 0 spiro atoms. The first kappa shape index (κ1) is 14.1. The molecule has 21 heavy (non-hydrogen) atoms. The zero-order valence-electron chi connectivity index (χ0n) is 12.1. The first-order valence-electron chi connectivity index (χ1n) is 6.80. The standard InChI is InChI=1S/C16H17N3OS/c1-10-5-11(2)15(17-7-10)9-21-16-18-13-4-3-12(8-20)6-14(13)19-16/h3-7,20H,8-9H2,1-2H3,(H,18,19). The van der Waals surface area contributed by atoms with E-state index in [4.69, 9.17) is 5.11 Å². The number of benzene rings is 1. The summed E-state index contributed by atoms with van der Waals surface area (Å²) in [7, 11) is 0. The summed E-state index contributed by atoms with van der Waals surface area (Å²) in [6.07, 6.45) is 1.90. The zero-order valence-corrected chi connectivity index (χ0v) is 12.9. The Labute approximate surface area is 127 Å². The molecule has 2 N–H and O–H groups in total. The van der Waals surface area contributed by atoms with Crippen molar-refractivity contribution < 1.29 is 5.11 Å². The van der Waals surface area contributed by atoms with E-state index >= 15 is 0 Å². The second-order valence-electron chi connectivity index (χ2n) is 5.12. The van der Waals surface area contributed by atoms with Crippen molar-refractivity contribution in [2.45, 2.75) is 31.4 Å². The van der Waals surface area contributed by atoms with Crippen LogP contribution in [0.15, 0.2) is 35.6 Å². The maximum absolute atomic E-state index is 9.16. The summed E-state index contributed by atoms with van der Waals surface area (Å²) in [5.41, 5.74) is 6.24. The van der Waals surface area contributed by atoms with Gasteiger partial charge in [0.05, 0.1) is 23.3 Å². The van der Waals surface area contributed by atoms with E-state index in [0.717, 1.165) is 33.2 Å². The molecule has 0 aliphatic carbocycles. The highest BCUT2D eigenvalue weighted by atomic mass is 32.2. The zero-order chi connectivity index (χ0) is 14.8. The third kappa shape index (κ3) is 3.09. The van der Waals surface area contributed by atoms with Gasteiger partial charge < -0.3 is 10.1 Å². The Kier molecular flexibility index (Phi) is 3.94. The van der Waals surface area contributed by atoms with Crippen LogP contribution in [0, 0.1) is 13.8 Å². The molecule has 0 aliphatic rings. The second-order valence-corrected chi connectivity index (χ2v) is 6.08. The van der Waals surface area contributed by atoms with Gasteiger partial charge in [-0.15, -0.1) is 0 Å². The van der Waals surface area contributed by atoms with Crippen LogP contribution in [0.2, 0.25) is 0 Å². The minimum Gasteiger partial charge on any atom is -0.392 e. The number of nitrogens with one attached hydrogen (secondary N) is 1. The van der Waals surface area contributed by atoms with Gasteiger partial charge in [0.25, 0.3) is 0 Å². The van der Waals surface area contributed by atoms with Gasteiger partial charge in [0.15, 0.2) is 5.16 Å². The summed E-state index contributed by atoms with van der Waals surface area (Å²) in [6.45, 7) is 4.18. The fourth-order valence-electron chi connectivity index (χ4n) is 2.23. The van der Waals surface area contributed by atoms with Crippen molar-refractivity contribution in [2.75, 3.05) is 0 Å². The summed E-state index contributed by atoms with van der Waals surface area (Å²) < 4.78 is 0. The number of thioether (sulfide) groups is 1. The number of aromatic nitrogens is 3. The van der Waals surface area contributed by atoms with Gasteiger partial charge in [-0.3, -0.25) is 4.98 Å². The first-order valence-corrected chi connectivity index (χ1v) is 7.78. The molecule has 0 saturated carbocycles. The number of hydrogen-bond donors (Lipinski definition) is 2. The highest BCUT2D eigenvalue weighted by Gasteiger charge is 2.07. The first-order chi connectivity index (χ1) is 10.2. The summed E-state index contributed by atoms with van der Waals surface area (Å²) in [4.78, 5) is 12.3. The Bertz CT molecular complexity index is 782. The van der Waals surface area contributed by atoms with Crippen LogP contribution in [0.5, 0.6) is 0 Å². The molecule has 0 radical (unpaired) electrons. The molecule has 108 valence electrons. The molecular formula is C16H17N3OS. The molecule has 0 saturated heterocycles. The Morgan fingerprint density at radius 3 is 2.86 bits per heavy atom. The quantitative estimate of drug-likeness (QED) is 0.725. The molecule has 3 aromatic rings. The van der Waals surface area contributed by atoms with E-state index in [2.05, 4.69) is 34.9 Å². The number of rotatable bonds is 4. The molecule has 0 amide bonds. The summed E-state index contributed by atoms with van der Waals surface area (Å²) in [6, 6.07) is 7.90. The van der Waals surface area contributed by atoms with Gasteiger partial charge in [0.1, 0.15) is 0 Å². The van der Waals surface area contributed by atoms with Gasteiger partial charge in [-0.1, -0.05) is 23.9 Å². The predicted octanol–water partition coefficient (Wildman–Crippen LogP) is 3.36. The van der Waals surface area contributed by atoms with Gasteiger partial charge >= 0.3 is 0 Å². The summed E-state index contributed by atoms with van der Waals surface area (Å²) in [5.74, 6) is 0.790. The fourth-order valence-corrected chi connectivity index (χ4v) is 3.15. The number of aryl methyl sites for hydroxylation is 2. The molecule has 2 heterocycles. The maximum atomic E-state index is 9.16. The lowest BCUT2D eigenvalue weighted by molar-refractivity contribution is 0.282. The van der Waals surface area contributed by atoms with Crippen molar-refractivity contribution in [2.24, 2.45) is 0 Å². The molecule has 5 heteroatoms. The van der Waals surface area contributed by atoms with Crippen LogP contribution in [0.4, 0.5) is 0 Å². The highest BCUT2D eigenvalue weighted by Crippen LogP contribution is 2.24. The SMILES string of the molecule is Cc1cnc(CSc2nc3ccc(CO)cc3[nH]2)c(C)c1. The van der Waals surface area contributed by atoms with Crippen LogP contribution in [-0.2, 0) is 12.4 Å². The highest BCUT2D eigenvalue weighted by molar-refractivity contribution is 7.98. The van der Waals surface area contributed by atoms with E-state index in [1.54, 1.807) is 11.8 Å². The second kappa shape index (κ2) is 5.87. The molecule has 1 aromatic carbocycles. The smallest absolute Gasteiger partial charge is 0.166 e. The predicted molar refractivity (Wildman–Crippen MR) is 85.3 cm³/mol. The lowest BCUT2D eigenvalue weighted by Crippen LogP contribution is -1.92. The minimum absolute atomic E-state index is 0.0456. The largest absolute Gasteiger partial charge is 0.392 e. The number of aliphatic hydroxyl groups is 1. The number of aliphatic hydroxyl groups excluding tert-OH is 1. The van der Waals surface area contributed by atoms with Gasteiger partial charge in [0.2, 0.25) is 0 Å². The van der Waals surface area contributed by atoms with Gasteiger partial charge in [-0.2, -0.15) is 0 Å². The number of imidazole rings is 1. The topological polar surface area (TPSA) is 61.8 Å². The fraction of sp³-hybridized carbons (Fsp3) is 0.250. The Balaban J connectivity index is 1.78. The van der Waals surface area contributed by atoms with Crippen LogP contribution in [0.25, 0.3) is 11.0 Å². The number of hydrogen-bond acceptors (Lipinski definition) is 4. The third-order valence-electron chi connectivity index (χ3n) is 3.38. The van der Waals surface area contributed by atoms with Crippen molar-refractivity contribution in [1.29, 1.82) is 0 Å². The molecule has 4 nitrogen and oxygen atoms in total. The van der Waals surface area contributed by atoms with Gasteiger partial charge in [-0.25, -0.2) is 4.98 Å². The molecule has 0 bridgehead atoms. The van der Waals surface area contributed by atoms with Crippen LogP contribution in [0.3, 0.4) is 0 Å². The average molecular weight is 299 g/mol. The van der Waals surface area contributed by atoms with E-state index in [0.29, 0.717) is 0 Å². The number of nitrogens with zero attached hydrogens (tertiary/aromatic N) is 2. The van der Waals surface area contributed by atoms with Crippen LogP contribution in [0.1, 0.15) is 22.4 Å². The number of aromatic amines is 1. The Morgan fingerprint density at radius 1 is 1.24 bits per heavy atom. The van der Waals surface area contributed by atoms with Gasteiger partial charge in [0, 0.05) is 11.9 Å². The molecular weight excluding hydrogens is 282 g/mol. The number of pyridine rings is 1. The van der Waals surface area contributed by atoms with Crippen molar-refractivity contribution >= 4 is 22.8 Å². The molecule has 0 atom stereocenters. The van der Waals surface area contributed by atoms with E-state index in [-0.39, 0.29) is 6.61 Å². The molecule has 0 unspecified atom stereocenters. The lowest BCUT2D eigenvalue weighted by atomic mass is 10.2. The summed E-state index contributed by atoms with van der Waals surface area (Å²) >= 11 is 1.64. The minimum atomic E-state index is 0.0456. The van der Waals surface area contributed by atoms with Crippen molar-refractivity contribution in [3.63, 3.8) is 0 Å². The van der Waals surface area contributed by atoms with E-state index < -0.39 is 0 Å². The van der Waals surface area contributed by atoms with Crippen LogP contribution < -0.4 is 0 Å². The monoisotopic (exact) mass is 299 g/mol. The van der Waals surface area contributed by atoms with Crippen LogP contribution >= 0.6 is 11.8 Å². The maximum Gasteiger partial charge on any atom is 0.166 e. The molecule has 2 aromatic heterocycles. The number of H-pyrrole nitrogens is 1. The molecule has 3 rings (SSSR count). The average Bonchev–Trinajstić information content (AvgIpc) is 2.88. The van der Waals surface area contributed by atoms with Crippen molar-refractivity contribution in [3.05, 3.63) is 52.8 Å². The third-order valence-corrected chi connectivity index (χ3v) is 4.26. The van der Waals surface area contributed by atoms with Crippen molar-refractivity contribution in [3.8, 4) is 0 Å². The van der Waals surface area contributed by atoms with E-state index in [1.807, 2.05) is 24.4 Å². The Hall–Kier alpha value is -1.85. The van der Waals surface area contributed by atoms with Crippen molar-refractivity contribution in [1.82, 2.24) is 15.0 Å². The van der Waals surface area contributed by atoms with Crippen LogP contribution in [-0.4, -0.2) is 20.1 Å².